The van der Waals surface area contributed by atoms with E-state index in [1.165, 1.54) is 19.2 Å². The molecule has 3 aromatic carbocycles. The van der Waals surface area contributed by atoms with Crippen LogP contribution in [-0.4, -0.2) is 29.1 Å². The summed E-state index contributed by atoms with van der Waals surface area (Å²) in [5, 5.41) is 9.35. The zero-order chi connectivity index (χ0) is 22.8. The van der Waals surface area contributed by atoms with Gasteiger partial charge in [0.15, 0.2) is 5.82 Å². The number of amides is 2. The molecule has 1 atom stereocenters. The first kappa shape index (κ1) is 21.3. The van der Waals surface area contributed by atoms with Gasteiger partial charge in [0.25, 0.3) is 5.91 Å². The molecule has 0 aliphatic rings. The Labute approximate surface area is 187 Å². The van der Waals surface area contributed by atoms with E-state index in [1.807, 2.05) is 0 Å². The Bertz CT molecular complexity index is 1340. The standard InChI is InChI=1S/C23H18ClFN4O3/c1-32-15-6-8-18(25)17(11-15)12-5-7-16-19(10-12)28-29-22(16)27-23(31)14-4-2-3-13(9-14)20(24)21(26)30/h2-11,20H,1H3,(H2,26,30)(H2,27,28,29,31). The van der Waals surface area contributed by atoms with Crippen LogP contribution in [0.25, 0.3) is 22.0 Å². The van der Waals surface area contributed by atoms with Crippen molar-refractivity contribution in [1.29, 1.82) is 0 Å². The van der Waals surface area contributed by atoms with Crippen molar-refractivity contribution in [2.45, 2.75) is 5.38 Å². The molecule has 0 aliphatic heterocycles. The Morgan fingerprint density at radius 1 is 1.16 bits per heavy atom. The van der Waals surface area contributed by atoms with E-state index in [1.54, 1.807) is 48.5 Å². The molecule has 0 aliphatic carbocycles. The van der Waals surface area contributed by atoms with Gasteiger partial charge in [0.2, 0.25) is 5.91 Å². The molecule has 4 aromatic rings. The minimum Gasteiger partial charge on any atom is -0.497 e. The van der Waals surface area contributed by atoms with E-state index in [0.717, 1.165) is 0 Å². The molecule has 7 nitrogen and oxygen atoms in total. The highest BCUT2D eigenvalue weighted by atomic mass is 35.5. The first-order chi connectivity index (χ1) is 15.4. The quantitative estimate of drug-likeness (QED) is 0.377. The second kappa shape index (κ2) is 8.68. The Morgan fingerprint density at radius 3 is 2.72 bits per heavy atom. The molecule has 2 amide bonds. The summed E-state index contributed by atoms with van der Waals surface area (Å²) in [6, 6.07) is 16.0. The number of fused-ring (bicyclic) bond motifs is 1. The highest BCUT2D eigenvalue weighted by Gasteiger charge is 2.17. The van der Waals surface area contributed by atoms with Crippen molar-refractivity contribution in [1.82, 2.24) is 10.2 Å². The number of halogens is 2. The molecule has 1 heterocycles. The molecule has 1 unspecified atom stereocenters. The number of nitrogens with two attached hydrogens (primary N) is 1. The maximum atomic E-state index is 14.3. The van der Waals surface area contributed by atoms with Crippen LogP contribution in [0.4, 0.5) is 10.2 Å². The van der Waals surface area contributed by atoms with Crippen LogP contribution in [0.3, 0.4) is 0 Å². The third-order valence-electron chi connectivity index (χ3n) is 4.97. The molecule has 0 radical (unpaired) electrons. The molecular formula is C23H18ClFN4O3. The first-order valence-electron chi connectivity index (χ1n) is 9.54. The predicted octanol–water partition coefficient (Wildman–Crippen LogP) is 4.40. The van der Waals surface area contributed by atoms with Gasteiger partial charge in [-0.3, -0.25) is 14.7 Å². The number of anilines is 1. The minimum absolute atomic E-state index is 0.292. The van der Waals surface area contributed by atoms with Crippen molar-refractivity contribution in [2.75, 3.05) is 12.4 Å². The summed E-state index contributed by atoms with van der Waals surface area (Å²) in [5.74, 6) is -0.670. The largest absolute Gasteiger partial charge is 0.497 e. The molecular weight excluding hydrogens is 435 g/mol. The number of benzene rings is 3. The van der Waals surface area contributed by atoms with Crippen molar-refractivity contribution >= 4 is 40.1 Å². The van der Waals surface area contributed by atoms with Crippen LogP contribution in [0, 0.1) is 5.82 Å². The van der Waals surface area contributed by atoms with Gasteiger partial charge < -0.3 is 15.8 Å². The number of aromatic amines is 1. The number of carbonyl (C=O) groups excluding carboxylic acids is 2. The van der Waals surface area contributed by atoms with Gasteiger partial charge in [0.1, 0.15) is 16.9 Å². The maximum Gasteiger partial charge on any atom is 0.256 e. The fourth-order valence-electron chi connectivity index (χ4n) is 3.32. The molecule has 0 saturated heterocycles. The lowest BCUT2D eigenvalue weighted by molar-refractivity contribution is -0.117. The van der Waals surface area contributed by atoms with E-state index in [-0.39, 0.29) is 5.82 Å². The lowest BCUT2D eigenvalue weighted by atomic mass is 10.0. The Kier molecular flexibility index (Phi) is 5.79. The van der Waals surface area contributed by atoms with Crippen LogP contribution < -0.4 is 15.8 Å². The molecule has 0 bridgehead atoms. The van der Waals surface area contributed by atoms with Gasteiger partial charge in [-0.2, -0.15) is 5.10 Å². The highest BCUT2D eigenvalue weighted by Crippen LogP contribution is 2.31. The number of rotatable bonds is 6. The number of methoxy groups -OCH3 is 1. The molecule has 1 aromatic heterocycles. The van der Waals surface area contributed by atoms with Gasteiger partial charge in [0.05, 0.1) is 12.6 Å². The fourth-order valence-corrected chi connectivity index (χ4v) is 3.45. The number of hydrogen-bond donors (Lipinski definition) is 3. The van der Waals surface area contributed by atoms with Crippen molar-refractivity contribution in [3.8, 4) is 16.9 Å². The lowest BCUT2D eigenvalue weighted by Gasteiger charge is -2.08. The number of hydrogen-bond acceptors (Lipinski definition) is 4. The number of H-pyrrole nitrogens is 1. The molecule has 9 heteroatoms. The van der Waals surface area contributed by atoms with Crippen molar-refractivity contribution in [2.24, 2.45) is 5.73 Å². The average Bonchev–Trinajstić information content (AvgIpc) is 3.20. The van der Waals surface area contributed by atoms with Crippen molar-refractivity contribution < 1.29 is 18.7 Å². The SMILES string of the molecule is COc1ccc(F)c(-c2ccc3c(NC(=O)c4cccc(C(Cl)C(N)=O)c4)n[nH]c3c2)c1. The highest BCUT2D eigenvalue weighted by molar-refractivity contribution is 6.30. The smallest absolute Gasteiger partial charge is 0.256 e. The van der Waals surface area contributed by atoms with Crippen LogP contribution in [-0.2, 0) is 4.79 Å². The predicted molar refractivity (Wildman–Crippen MR) is 120 cm³/mol. The van der Waals surface area contributed by atoms with Gasteiger partial charge in [0, 0.05) is 16.5 Å². The summed E-state index contributed by atoms with van der Waals surface area (Å²) >= 11 is 5.98. The number of carbonyl (C=O) groups is 2. The average molecular weight is 453 g/mol. The number of primary amides is 1. The Balaban J connectivity index is 1.61. The van der Waals surface area contributed by atoms with E-state index in [2.05, 4.69) is 15.5 Å². The van der Waals surface area contributed by atoms with E-state index >= 15 is 0 Å². The van der Waals surface area contributed by atoms with Crippen LogP contribution >= 0.6 is 11.6 Å². The number of nitrogens with zero attached hydrogens (tertiary/aromatic N) is 1. The van der Waals surface area contributed by atoms with Crippen LogP contribution in [0.2, 0.25) is 0 Å². The van der Waals surface area contributed by atoms with Gasteiger partial charge >= 0.3 is 0 Å². The van der Waals surface area contributed by atoms with Crippen molar-refractivity contribution in [3.63, 3.8) is 0 Å². The second-order valence-corrected chi connectivity index (χ2v) is 7.46. The second-order valence-electron chi connectivity index (χ2n) is 7.02. The third kappa shape index (κ3) is 4.13. The van der Waals surface area contributed by atoms with Gasteiger partial charge in [-0.15, -0.1) is 11.6 Å². The Hall–Kier alpha value is -3.91. The zero-order valence-electron chi connectivity index (χ0n) is 16.9. The summed E-state index contributed by atoms with van der Waals surface area (Å²) in [6.45, 7) is 0. The topological polar surface area (TPSA) is 110 Å². The number of nitrogens with one attached hydrogen (secondary N) is 2. The van der Waals surface area contributed by atoms with Crippen molar-refractivity contribution in [3.05, 3.63) is 77.6 Å². The summed E-state index contributed by atoms with van der Waals surface area (Å²) in [4.78, 5) is 24.0. The zero-order valence-corrected chi connectivity index (χ0v) is 17.6. The van der Waals surface area contributed by atoms with Gasteiger partial charge in [-0.25, -0.2) is 4.39 Å². The molecule has 4 N–H and O–H groups in total. The van der Waals surface area contributed by atoms with Gasteiger partial charge in [-0.1, -0.05) is 18.2 Å². The molecule has 0 saturated carbocycles. The molecule has 162 valence electrons. The van der Waals surface area contributed by atoms with E-state index in [4.69, 9.17) is 22.1 Å². The molecule has 32 heavy (non-hydrogen) atoms. The normalized spacial score (nSPS) is 11.8. The first-order valence-corrected chi connectivity index (χ1v) is 9.97. The van der Waals surface area contributed by atoms with E-state index in [0.29, 0.717) is 44.7 Å². The number of ether oxygens (including phenoxy) is 1. The van der Waals surface area contributed by atoms with E-state index in [9.17, 15) is 14.0 Å². The Morgan fingerprint density at radius 2 is 1.97 bits per heavy atom. The molecule has 0 fully saturated rings. The summed E-state index contributed by atoms with van der Waals surface area (Å²) in [6.07, 6.45) is 0. The fraction of sp³-hybridized carbons (Fsp3) is 0.0870. The molecule has 4 rings (SSSR count). The third-order valence-corrected chi connectivity index (χ3v) is 5.44. The maximum absolute atomic E-state index is 14.3. The van der Waals surface area contributed by atoms with Crippen LogP contribution in [0.5, 0.6) is 5.75 Å². The number of alkyl halides is 1. The van der Waals surface area contributed by atoms with Crippen LogP contribution in [0.15, 0.2) is 60.7 Å². The minimum atomic E-state index is -1.04. The summed E-state index contributed by atoms with van der Waals surface area (Å²) < 4.78 is 19.5. The van der Waals surface area contributed by atoms with E-state index < -0.39 is 17.2 Å². The number of aromatic nitrogens is 2. The summed E-state index contributed by atoms with van der Waals surface area (Å²) in [7, 11) is 1.51. The van der Waals surface area contributed by atoms with Crippen LogP contribution in [0.1, 0.15) is 21.3 Å². The summed E-state index contributed by atoms with van der Waals surface area (Å²) in [5.41, 5.74) is 7.57. The monoisotopic (exact) mass is 452 g/mol. The lowest BCUT2D eigenvalue weighted by Crippen LogP contribution is -2.18. The molecule has 0 spiro atoms. The van der Waals surface area contributed by atoms with Gasteiger partial charge in [-0.05, 0) is 53.6 Å².